The Bertz CT molecular complexity index is 1160. The van der Waals surface area contributed by atoms with E-state index in [0.717, 1.165) is 59.3 Å². The molecule has 1 saturated heterocycles. The topological polar surface area (TPSA) is 95.4 Å². The molecule has 2 aliphatic heterocycles. The third kappa shape index (κ3) is 5.10. The summed E-state index contributed by atoms with van der Waals surface area (Å²) in [5, 5.41) is 11.3. The number of amides is 1. The van der Waals surface area contributed by atoms with Crippen LogP contribution in [0, 0.1) is 0 Å². The lowest BCUT2D eigenvalue weighted by Crippen LogP contribution is -2.49. The van der Waals surface area contributed by atoms with Gasteiger partial charge in [0.1, 0.15) is 9.88 Å². The van der Waals surface area contributed by atoms with Crippen LogP contribution >= 0.6 is 11.3 Å². The molecule has 0 bridgehead atoms. The van der Waals surface area contributed by atoms with Crippen molar-refractivity contribution < 1.29 is 27.9 Å². The first-order chi connectivity index (χ1) is 16.2. The lowest BCUT2D eigenvalue weighted by atomic mass is 9.86. The van der Waals surface area contributed by atoms with E-state index < -0.39 is 12.1 Å². The lowest BCUT2D eigenvalue weighted by Gasteiger charge is -2.38. The number of rotatable bonds is 3. The third-order valence-electron chi connectivity index (χ3n) is 5.72. The molecule has 0 aliphatic carbocycles. The van der Waals surface area contributed by atoms with Crippen molar-refractivity contribution in [2.75, 3.05) is 13.1 Å². The number of carboxylic acids is 1. The highest BCUT2D eigenvalue weighted by Gasteiger charge is 2.47. The van der Waals surface area contributed by atoms with Gasteiger partial charge in [-0.05, 0) is 25.0 Å². The Balaban J connectivity index is 0.000000344. The molecule has 7 nitrogen and oxygen atoms in total. The van der Waals surface area contributed by atoms with Gasteiger partial charge in [0.15, 0.2) is 0 Å². The van der Waals surface area contributed by atoms with Crippen LogP contribution in [0.1, 0.15) is 33.9 Å². The number of halogens is 3. The second-order valence-corrected chi connectivity index (χ2v) is 9.00. The maximum atomic E-state index is 12.6. The van der Waals surface area contributed by atoms with Gasteiger partial charge >= 0.3 is 12.1 Å². The van der Waals surface area contributed by atoms with Gasteiger partial charge in [-0.15, -0.1) is 11.3 Å². The van der Waals surface area contributed by atoms with Crippen LogP contribution in [0.4, 0.5) is 13.2 Å². The zero-order valence-electron chi connectivity index (χ0n) is 17.9. The third-order valence-corrected chi connectivity index (χ3v) is 6.83. The molecule has 178 valence electrons. The van der Waals surface area contributed by atoms with Crippen molar-refractivity contribution in [3.05, 3.63) is 71.0 Å². The molecule has 1 spiro atoms. The second kappa shape index (κ2) is 9.51. The summed E-state index contributed by atoms with van der Waals surface area (Å²) in [5.41, 5.74) is 2.81. The molecule has 1 fully saturated rings. The number of piperidine rings is 1. The number of aromatic nitrogens is 2. The quantitative estimate of drug-likeness (QED) is 0.575. The number of alkyl halides is 3. The predicted octanol–water partition coefficient (Wildman–Crippen LogP) is 4.07. The molecule has 2 aromatic heterocycles. The van der Waals surface area contributed by atoms with E-state index in [1.54, 1.807) is 0 Å². The van der Waals surface area contributed by atoms with Crippen LogP contribution in [0.3, 0.4) is 0 Å². The Labute approximate surface area is 197 Å². The normalized spacial score (nSPS) is 17.0. The zero-order chi connectivity index (χ0) is 24.3. The average molecular weight is 491 g/mol. The van der Waals surface area contributed by atoms with Gasteiger partial charge in [0, 0.05) is 31.4 Å². The number of nitrogens with one attached hydrogen (secondary N) is 1. The van der Waals surface area contributed by atoms with E-state index in [2.05, 4.69) is 21.3 Å². The molecule has 3 aromatic rings. The fourth-order valence-electron chi connectivity index (χ4n) is 4.01. The van der Waals surface area contributed by atoms with Crippen molar-refractivity contribution in [3.63, 3.8) is 0 Å². The number of likely N-dealkylation sites (tertiary alicyclic amines) is 1. The fourth-order valence-corrected chi connectivity index (χ4v) is 5.08. The number of benzene rings is 1. The van der Waals surface area contributed by atoms with Crippen molar-refractivity contribution >= 4 is 23.2 Å². The first kappa shape index (κ1) is 23.8. The van der Waals surface area contributed by atoms with Crippen LogP contribution in [0.5, 0.6) is 0 Å². The molecule has 2 N–H and O–H groups in total. The molecular weight excluding hydrogens is 469 g/mol. The summed E-state index contributed by atoms with van der Waals surface area (Å²) < 4.78 is 31.7. The molecular formula is C23H21F3N4O3S. The van der Waals surface area contributed by atoms with Crippen molar-refractivity contribution in [3.8, 4) is 10.6 Å². The Morgan fingerprint density at radius 2 is 1.76 bits per heavy atom. The highest BCUT2D eigenvalue weighted by molar-refractivity contribution is 7.17. The van der Waals surface area contributed by atoms with Gasteiger partial charge in [0.2, 0.25) is 0 Å². The number of pyridine rings is 1. The summed E-state index contributed by atoms with van der Waals surface area (Å²) in [6.07, 6.45) is -1.47. The molecule has 1 aromatic carbocycles. The number of nitrogens with zero attached hydrogens (tertiary/aromatic N) is 3. The summed E-state index contributed by atoms with van der Waals surface area (Å²) in [7, 11) is 0. The Morgan fingerprint density at radius 3 is 2.35 bits per heavy atom. The smallest absolute Gasteiger partial charge is 0.475 e. The number of fused-ring (bicyclic) bond motifs is 2. The minimum Gasteiger partial charge on any atom is -0.475 e. The molecule has 0 unspecified atom stereocenters. The number of hydrogen-bond acceptors (Lipinski definition) is 6. The van der Waals surface area contributed by atoms with E-state index in [9.17, 15) is 18.0 Å². The van der Waals surface area contributed by atoms with Crippen molar-refractivity contribution in [1.29, 1.82) is 0 Å². The fraction of sp³-hybridized carbons (Fsp3) is 0.304. The van der Waals surface area contributed by atoms with E-state index >= 15 is 0 Å². The standard InChI is InChI=1S/C21H20N4OS.C2HF3O2/c26-19-17-18(23-20(27-17)15-6-2-1-3-7-15)21(24-19)9-12-25(13-10-21)14-16-8-4-5-11-22-16;3-2(4,5)1(6)7/h1-8,11H,9-10,12-14H2,(H,24,26);(H,6,7). The van der Waals surface area contributed by atoms with Gasteiger partial charge in [0.25, 0.3) is 5.91 Å². The molecule has 5 rings (SSSR count). The Hall–Kier alpha value is -3.31. The van der Waals surface area contributed by atoms with Crippen LogP contribution in [0.2, 0.25) is 0 Å². The Morgan fingerprint density at radius 1 is 1.12 bits per heavy atom. The summed E-state index contributed by atoms with van der Waals surface area (Å²) in [5.74, 6) is -2.73. The number of aliphatic carboxylic acids is 1. The van der Waals surface area contributed by atoms with Crippen LogP contribution in [-0.4, -0.2) is 51.1 Å². The largest absolute Gasteiger partial charge is 0.490 e. The number of hydrogen-bond donors (Lipinski definition) is 2. The first-order valence-corrected chi connectivity index (χ1v) is 11.3. The number of carbonyl (C=O) groups excluding carboxylic acids is 1. The number of carbonyl (C=O) groups is 2. The first-order valence-electron chi connectivity index (χ1n) is 10.5. The molecule has 4 heterocycles. The van der Waals surface area contributed by atoms with Gasteiger partial charge in [-0.25, -0.2) is 9.78 Å². The Kier molecular flexibility index (Phi) is 6.67. The minimum absolute atomic E-state index is 0.0304. The number of carboxylic acid groups (broad SMARTS) is 1. The summed E-state index contributed by atoms with van der Waals surface area (Å²) in [4.78, 5) is 34.0. The van der Waals surface area contributed by atoms with Gasteiger partial charge in [-0.3, -0.25) is 14.7 Å². The monoisotopic (exact) mass is 490 g/mol. The van der Waals surface area contributed by atoms with E-state index in [1.807, 2.05) is 48.7 Å². The second-order valence-electron chi connectivity index (χ2n) is 8.00. The van der Waals surface area contributed by atoms with E-state index in [-0.39, 0.29) is 11.4 Å². The van der Waals surface area contributed by atoms with Crippen LogP contribution in [-0.2, 0) is 16.9 Å². The van der Waals surface area contributed by atoms with Gasteiger partial charge in [-0.1, -0.05) is 36.4 Å². The maximum Gasteiger partial charge on any atom is 0.490 e. The summed E-state index contributed by atoms with van der Waals surface area (Å²) >= 11 is 1.51. The molecule has 11 heteroatoms. The predicted molar refractivity (Wildman–Crippen MR) is 119 cm³/mol. The van der Waals surface area contributed by atoms with Gasteiger partial charge in [0.05, 0.1) is 16.9 Å². The van der Waals surface area contributed by atoms with Gasteiger partial charge in [-0.2, -0.15) is 13.2 Å². The van der Waals surface area contributed by atoms with Crippen LogP contribution in [0.15, 0.2) is 54.7 Å². The molecule has 34 heavy (non-hydrogen) atoms. The zero-order valence-corrected chi connectivity index (χ0v) is 18.7. The molecule has 0 atom stereocenters. The molecule has 0 radical (unpaired) electrons. The van der Waals surface area contributed by atoms with Gasteiger partial charge < -0.3 is 10.4 Å². The lowest BCUT2D eigenvalue weighted by molar-refractivity contribution is -0.192. The average Bonchev–Trinajstić information content (AvgIpc) is 3.37. The molecule has 1 amide bonds. The minimum atomic E-state index is -5.08. The van der Waals surface area contributed by atoms with E-state index in [0.29, 0.717) is 0 Å². The summed E-state index contributed by atoms with van der Waals surface area (Å²) in [6.45, 7) is 2.70. The van der Waals surface area contributed by atoms with Crippen LogP contribution in [0.25, 0.3) is 10.6 Å². The van der Waals surface area contributed by atoms with Crippen molar-refractivity contribution in [2.45, 2.75) is 31.1 Å². The highest BCUT2D eigenvalue weighted by atomic mass is 32.1. The summed E-state index contributed by atoms with van der Waals surface area (Å²) in [6, 6.07) is 16.1. The maximum absolute atomic E-state index is 12.6. The van der Waals surface area contributed by atoms with Crippen LogP contribution < -0.4 is 5.32 Å². The number of thiazole rings is 1. The van der Waals surface area contributed by atoms with E-state index in [1.165, 1.54) is 11.3 Å². The van der Waals surface area contributed by atoms with Crippen molar-refractivity contribution in [1.82, 2.24) is 20.2 Å². The SMILES string of the molecule is O=C(O)C(F)(F)F.O=C1NC2(CCN(Cc3ccccn3)CC2)c2nc(-c3ccccc3)sc21. The highest BCUT2D eigenvalue weighted by Crippen LogP contribution is 2.43. The van der Waals surface area contributed by atoms with Crippen molar-refractivity contribution in [2.24, 2.45) is 0 Å². The molecule has 2 aliphatic rings. The van der Waals surface area contributed by atoms with E-state index in [4.69, 9.17) is 14.9 Å². The molecule has 0 saturated carbocycles.